The molecule has 0 radical (unpaired) electrons. The van der Waals surface area contributed by atoms with E-state index < -0.39 is 0 Å². The molecular weight excluding hydrogens is 318 g/mol. The normalized spacial score (nSPS) is 18.6. The number of ether oxygens (including phenoxy) is 2. The van der Waals surface area contributed by atoms with Crippen LogP contribution < -0.4 is 10.1 Å². The molecule has 1 saturated heterocycles. The number of hydrogen-bond donors (Lipinski definition) is 1. The van der Waals surface area contributed by atoms with Crippen molar-refractivity contribution in [2.75, 3.05) is 58.8 Å². The molecule has 6 heteroatoms. The highest BCUT2D eigenvalue weighted by molar-refractivity contribution is 5.92. The SMILES string of the molecule is COc1cccc(NC(=O)CN(C)C[C@H]2CN(CC(C)C)CCO2)c1. The molecule has 140 valence electrons. The third-order valence-electron chi connectivity index (χ3n) is 4.13. The number of hydrogen-bond acceptors (Lipinski definition) is 5. The second kappa shape index (κ2) is 9.75. The summed E-state index contributed by atoms with van der Waals surface area (Å²) in [5.41, 5.74) is 0.745. The van der Waals surface area contributed by atoms with Crippen LogP contribution in [0.15, 0.2) is 24.3 Å². The van der Waals surface area contributed by atoms with Crippen LogP contribution in [-0.2, 0) is 9.53 Å². The van der Waals surface area contributed by atoms with Crippen molar-refractivity contribution in [1.29, 1.82) is 0 Å². The molecule has 0 aromatic heterocycles. The summed E-state index contributed by atoms with van der Waals surface area (Å²) >= 11 is 0. The van der Waals surface area contributed by atoms with Gasteiger partial charge in [-0.05, 0) is 25.1 Å². The number of anilines is 1. The number of rotatable bonds is 8. The maximum Gasteiger partial charge on any atom is 0.238 e. The van der Waals surface area contributed by atoms with Crippen molar-refractivity contribution in [3.63, 3.8) is 0 Å². The third kappa shape index (κ3) is 7.02. The summed E-state index contributed by atoms with van der Waals surface area (Å²) in [6.07, 6.45) is 0.155. The number of carbonyl (C=O) groups excluding carboxylic acids is 1. The van der Waals surface area contributed by atoms with Gasteiger partial charge in [-0.2, -0.15) is 0 Å². The molecule has 0 unspecified atom stereocenters. The van der Waals surface area contributed by atoms with E-state index in [4.69, 9.17) is 9.47 Å². The number of nitrogens with zero attached hydrogens (tertiary/aromatic N) is 2. The molecule has 0 aliphatic carbocycles. The predicted octanol–water partition coefficient (Wildman–Crippen LogP) is 1.92. The zero-order chi connectivity index (χ0) is 18.2. The number of amides is 1. The van der Waals surface area contributed by atoms with Crippen molar-refractivity contribution >= 4 is 11.6 Å². The van der Waals surface area contributed by atoms with Gasteiger partial charge in [0.15, 0.2) is 0 Å². The van der Waals surface area contributed by atoms with E-state index in [1.54, 1.807) is 7.11 Å². The van der Waals surface area contributed by atoms with E-state index in [2.05, 4.69) is 24.1 Å². The number of likely N-dealkylation sites (N-methyl/N-ethyl adjacent to an activating group) is 1. The lowest BCUT2D eigenvalue weighted by Gasteiger charge is -2.35. The molecular formula is C19H31N3O3. The van der Waals surface area contributed by atoms with E-state index in [0.717, 1.165) is 44.2 Å². The summed E-state index contributed by atoms with van der Waals surface area (Å²) in [7, 11) is 3.57. The highest BCUT2D eigenvalue weighted by Gasteiger charge is 2.22. The Morgan fingerprint density at radius 1 is 1.48 bits per heavy atom. The molecule has 2 rings (SSSR count). The Morgan fingerprint density at radius 2 is 2.28 bits per heavy atom. The van der Waals surface area contributed by atoms with Gasteiger partial charge in [-0.25, -0.2) is 0 Å². The third-order valence-corrected chi connectivity index (χ3v) is 4.13. The number of morpholine rings is 1. The van der Waals surface area contributed by atoms with Gasteiger partial charge in [0.2, 0.25) is 5.91 Å². The van der Waals surface area contributed by atoms with Gasteiger partial charge in [0.25, 0.3) is 0 Å². The van der Waals surface area contributed by atoms with Gasteiger partial charge in [0.05, 0.1) is 26.4 Å². The number of carbonyl (C=O) groups is 1. The lowest BCUT2D eigenvalue weighted by Crippen LogP contribution is -2.48. The fraction of sp³-hybridized carbons (Fsp3) is 0.632. The standard InChI is InChI=1S/C19H31N3O3/c1-15(2)11-22-8-9-25-18(13-22)12-21(3)14-19(23)20-16-6-5-7-17(10-16)24-4/h5-7,10,15,18H,8-9,11-14H2,1-4H3,(H,20,23)/t18-/m0/s1. The second-order valence-corrected chi connectivity index (χ2v) is 7.12. The van der Waals surface area contributed by atoms with Gasteiger partial charge in [0, 0.05) is 37.9 Å². The lowest BCUT2D eigenvalue weighted by atomic mass is 10.1. The molecule has 1 fully saturated rings. The van der Waals surface area contributed by atoms with Gasteiger partial charge < -0.3 is 14.8 Å². The van der Waals surface area contributed by atoms with E-state index in [-0.39, 0.29) is 12.0 Å². The molecule has 1 aliphatic heterocycles. The number of nitrogens with one attached hydrogen (secondary N) is 1. The molecule has 0 spiro atoms. The monoisotopic (exact) mass is 349 g/mol. The van der Waals surface area contributed by atoms with Crippen LogP contribution in [0.5, 0.6) is 5.75 Å². The Hall–Kier alpha value is -1.63. The zero-order valence-corrected chi connectivity index (χ0v) is 15.8. The van der Waals surface area contributed by atoms with Crippen molar-refractivity contribution in [2.24, 2.45) is 5.92 Å². The molecule has 1 aromatic carbocycles. The Labute approximate surface area is 151 Å². The first-order chi connectivity index (χ1) is 12.0. The average Bonchev–Trinajstić information content (AvgIpc) is 2.54. The van der Waals surface area contributed by atoms with E-state index >= 15 is 0 Å². The van der Waals surface area contributed by atoms with Crippen LogP contribution in [0.1, 0.15) is 13.8 Å². The Bertz CT molecular complexity index is 550. The van der Waals surface area contributed by atoms with E-state index in [1.165, 1.54) is 0 Å². The van der Waals surface area contributed by atoms with Gasteiger partial charge in [-0.3, -0.25) is 14.6 Å². The van der Waals surface area contributed by atoms with Gasteiger partial charge in [-0.15, -0.1) is 0 Å². The van der Waals surface area contributed by atoms with Crippen molar-refractivity contribution in [1.82, 2.24) is 9.80 Å². The van der Waals surface area contributed by atoms with Crippen LogP contribution in [0.3, 0.4) is 0 Å². The second-order valence-electron chi connectivity index (χ2n) is 7.12. The van der Waals surface area contributed by atoms with Crippen LogP contribution in [0.2, 0.25) is 0 Å². The highest BCUT2D eigenvalue weighted by atomic mass is 16.5. The maximum absolute atomic E-state index is 12.2. The minimum absolute atomic E-state index is 0.0365. The number of benzene rings is 1. The van der Waals surface area contributed by atoms with Crippen molar-refractivity contribution in [3.8, 4) is 5.75 Å². The summed E-state index contributed by atoms with van der Waals surface area (Å²) in [6, 6.07) is 7.38. The summed E-state index contributed by atoms with van der Waals surface area (Å²) in [5, 5.41) is 2.91. The van der Waals surface area contributed by atoms with Crippen LogP contribution >= 0.6 is 0 Å². The first-order valence-electron chi connectivity index (χ1n) is 8.92. The van der Waals surface area contributed by atoms with Crippen LogP contribution in [0.25, 0.3) is 0 Å². The van der Waals surface area contributed by atoms with Gasteiger partial charge in [0.1, 0.15) is 5.75 Å². The number of methoxy groups -OCH3 is 1. The highest BCUT2D eigenvalue weighted by Crippen LogP contribution is 2.16. The van der Waals surface area contributed by atoms with Crippen molar-refractivity contribution in [3.05, 3.63) is 24.3 Å². The summed E-state index contributed by atoms with van der Waals surface area (Å²) in [6.45, 7) is 9.34. The molecule has 1 aromatic rings. The molecule has 1 atom stereocenters. The fourth-order valence-corrected chi connectivity index (χ4v) is 3.13. The summed E-state index contributed by atoms with van der Waals surface area (Å²) < 4.78 is 11.0. The quantitative estimate of drug-likeness (QED) is 0.777. The smallest absolute Gasteiger partial charge is 0.238 e. The van der Waals surface area contributed by atoms with E-state index in [1.807, 2.05) is 36.2 Å². The predicted molar refractivity (Wildman–Crippen MR) is 100 cm³/mol. The topological polar surface area (TPSA) is 54.0 Å². The van der Waals surface area contributed by atoms with Gasteiger partial charge in [-0.1, -0.05) is 19.9 Å². The van der Waals surface area contributed by atoms with E-state index in [9.17, 15) is 4.79 Å². The molecule has 0 saturated carbocycles. The Morgan fingerprint density at radius 3 is 3.00 bits per heavy atom. The molecule has 6 nitrogen and oxygen atoms in total. The largest absolute Gasteiger partial charge is 0.497 e. The Kier molecular flexibility index (Phi) is 7.68. The Balaban J connectivity index is 1.76. The lowest BCUT2D eigenvalue weighted by molar-refractivity contribution is -0.117. The molecule has 1 heterocycles. The van der Waals surface area contributed by atoms with Crippen LogP contribution in [-0.4, -0.2) is 75.3 Å². The minimum Gasteiger partial charge on any atom is -0.497 e. The molecule has 25 heavy (non-hydrogen) atoms. The van der Waals surface area contributed by atoms with Crippen molar-refractivity contribution < 1.29 is 14.3 Å². The van der Waals surface area contributed by atoms with Crippen LogP contribution in [0, 0.1) is 5.92 Å². The molecule has 1 N–H and O–H groups in total. The van der Waals surface area contributed by atoms with Crippen LogP contribution in [0.4, 0.5) is 5.69 Å². The zero-order valence-electron chi connectivity index (χ0n) is 15.8. The fourth-order valence-electron chi connectivity index (χ4n) is 3.13. The van der Waals surface area contributed by atoms with E-state index in [0.29, 0.717) is 12.5 Å². The summed E-state index contributed by atoms with van der Waals surface area (Å²) in [5.74, 6) is 1.35. The van der Waals surface area contributed by atoms with Crippen molar-refractivity contribution in [2.45, 2.75) is 20.0 Å². The average molecular weight is 349 g/mol. The van der Waals surface area contributed by atoms with Gasteiger partial charge >= 0.3 is 0 Å². The minimum atomic E-state index is -0.0365. The maximum atomic E-state index is 12.2. The molecule has 1 amide bonds. The first kappa shape index (κ1) is 19.7. The molecule has 0 bridgehead atoms. The summed E-state index contributed by atoms with van der Waals surface area (Å²) in [4.78, 5) is 16.7. The first-order valence-corrected chi connectivity index (χ1v) is 8.92. The molecule has 1 aliphatic rings.